The van der Waals surface area contributed by atoms with Crippen LogP contribution in [0.5, 0.6) is 0 Å². The number of nitrogens with one attached hydrogen (secondary N) is 1. The van der Waals surface area contributed by atoms with Crippen LogP contribution < -0.4 is 5.32 Å². The zero-order chi connectivity index (χ0) is 17.1. The minimum atomic E-state index is -0.186. The van der Waals surface area contributed by atoms with Gasteiger partial charge in [-0.25, -0.2) is 0 Å². The van der Waals surface area contributed by atoms with Crippen LogP contribution in [-0.4, -0.2) is 22.3 Å². The summed E-state index contributed by atoms with van der Waals surface area (Å²) in [6.07, 6.45) is 4.15. The van der Waals surface area contributed by atoms with Crippen LogP contribution in [-0.2, 0) is 6.42 Å². The number of fused-ring (bicyclic) bond motifs is 1. The summed E-state index contributed by atoms with van der Waals surface area (Å²) in [6.45, 7) is 0.650. The smallest absolute Gasteiger partial charge is 0.257 e. The molecule has 1 aliphatic rings. The Kier molecular flexibility index (Phi) is 4.17. The van der Waals surface area contributed by atoms with Gasteiger partial charge in [0.15, 0.2) is 0 Å². The molecule has 4 heteroatoms. The first kappa shape index (κ1) is 15.4. The Morgan fingerprint density at radius 2 is 1.64 bits per heavy atom. The fourth-order valence-electron chi connectivity index (χ4n) is 3.23. The predicted octanol–water partition coefficient (Wildman–Crippen LogP) is 3.89. The maximum absolute atomic E-state index is 13.1. The number of benzene rings is 2. The number of carbonyl (C=O) groups is 1. The maximum atomic E-state index is 13.1. The molecule has 4 nitrogen and oxygen atoms in total. The van der Waals surface area contributed by atoms with Gasteiger partial charge in [0, 0.05) is 24.6 Å². The molecular weight excluding hydrogens is 310 g/mol. The number of hydrogen-bond donors (Lipinski definition) is 1. The van der Waals surface area contributed by atoms with Crippen LogP contribution in [0.2, 0.25) is 0 Å². The Morgan fingerprint density at radius 3 is 2.44 bits per heavy atom. The molecule has 1 amide bonds. The van der Waals surface area contributed by atoms with Crippen molar-refractivity contribution in [1.29, 1.82) is 0 Å². The highest BCUT2D eigenvalue weighted by atomic mass is 16.2. The summed E-state index contributed by atoms with van der Waals surface area (Å²) in [5, 5.41) is 3.51. The van der Waals surface area contributed by atoms with Crippen molar-refractivity contribution >= 4 is 11.6 Å². The zero-order valence-electron chi connectivity index (χ0n) is 13.8. The first-order valence-electron chi connectivity index (χ1n) is 8.43. The van der Waals surface area contributed by atoms with Gasteiger partial charge >= 0.3 is 0 Å². The molecule has 0 unspecified atom stereocenters. The highest BCUT2D eigenvalue weighted by Gasteiger charge is 2.32. The number of aromatic nitrogens is 1. The van der Waals surface area contributed by atoms with E-state index in [4.69, 9.17) is 0 Å². The molecule has 1 aliphatic heterocycles. The molecule has 1 aromatic heterocycles. The van der Waals surface area contributed by atoms with Gasteiger partial charge in [-0.1, -0.05) is 42.5 Å². The number of pyridine rings is 1. The molecular formula is C21H19N3O. The van der Waals surface area contributed by atoms with E-state index in [1.165, 1.54) is 5.56 Å². The van der Waals surface area contributed by atoms with E-state index in [0.717, 1.165) is 23.2 Å². The number of anilines is 1. The van der Waals surface area contributed by atoms with E-state index in [0.29, 0.717) is 6.54 Å². The lowest BCUT2D eigenvalue weighted by molar-refractivity contribution is 0.0685. The van der Waals surface area contributed by atoms with Gasteiger partial charge in [-0.15, -0.1) is 0 Å². The Morgan fingerprint density at radius 1 is 0.920 bits per heavy atom. The largest absolute Gasteiger partial charge is 0.361 e. The highest BCUT2D eigenvalue weighted by Crippen LogP contribution is 2.32. The Hall–Kier alpha value is -3.14. The van der Waals surface area contributed by atoms with Crippen molar-refractivity contribution in [3.63, 3.8) is 0 Å². The van der Waals surface area contributed by atoms with E-state index < -0.39 is 0 Å². The summed E-state index contributed by atoms with van der Waals surface area (Å²) in [5.41, 5.74) is 3.86. The van der Waals surface area contributed by atoms with E-state index in [9.17, 15) is 4.79 Å². The second-order valence-electron chi connectivity index (χ2n) is 6.11. The van der Waals surface area contributed by atoms with Crippen LogP contribution in [0.3, 0.4) is 0 Å². The second-order valence-corrected chi connectivity index (χ2v) is 6.11. The molecule has 0 spiro atoms. The molecule has 2 heterocycles. The first-order valence-corrected chi connectivity index (χ1v) is 8.43. The molecule has 2 aromatic carbocycles. The summed E-state index contributed by atoms with van der Waals surface area (Å²) >= 11 is 0. The summed E-state index contributed by atoms with van der Waals surface area (Å²) < 4.78 is 0. The van der Waals surface area contributed by atoms with Crippen LogP contribution in [0.1, 0.15) is 27.7 Å². The number of nitrogens with zero attached hydrogens (tertiary/aromatic N) is 2. The number of para-hydroxylation sites is 1. The average molecular weight is 329 g/mol. The quantitative estimate of drug-likeness (QED) is 0.790. The van der Waals surface area contributed by atoms with Crippen LogP contribution in [0.4, 0.5) is 5.69 Å². The van der Waals surface area contributed by atoms with Gasteiger partial charge in [-0.2, -0.15) is 0 Å². The van der Waals surface area contributed by atoms with E-state index in [2.05, 4.69) is 22.4 Å². The van der Waals surface area contributed by atoms with Crippen molar-refractivity contribution in [3.05, 3.63) is 95.8 Å². The van der Waals surface area contributed by atoms with E-state index in [1.807, 2.05) is 59.5 Å². The molecule has 0 saturated carbocycles. The topological polar surface area (TPSA) is 45.2 Å². The predicted molar refractivity (Wildman–Crippen MR) is 98.2 cm³/mol. The van der Waals surface area contributed by atoms with Gasteiger partial charge in [0.1, 0.15) is 6.17 Å². The summed E-state index contributed by atoms with van der Waals surface area (Å²) in [7, 11) is 0. The van der Waals surface area contributed by atoms with Gasteiger partial charge in [0.2, 0.25) is 0 Å². The molecule has 1 N–H and O–H groups in total. The number of rotatable bonds is 4. The lowest BCUT2D eigenvalue weighted by atomic mass is 10.0. The molecule has 1 atom stereocenters. The van der Waals surface area contributed by atoms with Gasteiger partial charge in [-0.3, -0.25) is 9.78 Å². The van der Waals surface area contributed by atoms with Crippen molar-refractivity contribution in [3.8, 4) is 0 Å². The number of hydrogen-bond acceptors (Lipinski definition) is 3. The van der Waals surface area contributed by atoms with Crippen LogP contribution in [0.25, 0.3) is 0 Å². The molecule has 4 rings (SSSR count). The van der Waals surface area contributed by atoms with Gasteiger partial charge in [0.05, 0.1) is 5.56 Å². The minimum Gasteiger partial charge on any atom is -0.361 e. The van der Waals surface area contributed by atoms with Gasteiger partial charge in [0.25, 0.3) is 5.91 Å². The van der Waals surface area contributed by atoms with E-state index in [1.54, 1.807) is 12.4 Å². The van der Waals surface area contributed by atoms with E-state index in [-0.39, 0.29) is 12.1 Å². The molecule has 0 bridgehead atoms. The summed E-state index contributed by atoms with van der Waals surface area (Å²) in [6, 6.07) is 21.8. The lowest BCUT2D eigenvalue weighted by Crippen LogP contribution is -2.44. The van der Waals surface area contributed by atoms with Crippen LogP contribution in [0.15, 0.2) is 79.1 Å². The fraction of sp³-hybridized carbons (Fsp3) is 0.143. The van der Waals surface area contributed by atoms with Crippen molar-refractivity contribution < 1.29 is 4.79 Å². The zero-order valence-corrected chi connectivity index (χ0v) is 13.8. The van der Waals surface area contributed by atoms with Crippen LogP contribution >= 0.6 is 0 Å². The SMILES string of the molecule is O=C1c2ccccc2N[C@@H](c2ccncc2)N1CCc1ccccc1. The maximum Gasteiger partial charge on any atom is 0.257 e. The highest BCUT2D eigenvalue weighted by molar-refractivity contribution is 6.01. The number of carbonyl (C=O) groups excluding carboxylic acids is 1. The van der Waals surface area contributed by atoms with Crippen molar-refractivity contribution in [2.24, 2.45) is 0 Å². The normalized spacial score (nSPS) is 16.2. The Bertz CT molecular complexity index is 865. The Balaban J connectivity index is 1.66. The van der Waals surface area contributed by atoms with Crippen molar-refractivity contribution in [1.82, 2.24) is 9.88 Å². The van der Waals surface area contributed by atoms with Gasteiger partial charge in [-0.05, 0) is 41.8 Å². The fourth-order valence-corrected chi connectivity index (χ4v) is 3.23. The standard InChI is InChI=1S/C21H19N3O/c25-21-18-8-4-5-9-19(18)23-20(17-10-13-22-14-11-17)24(21)15-12-16-6-2-1-3-7-16/h1-11,13-14,20,23H,12,15H2/t20-/m1/s1. The van der Waals surface area contributed by atoms with Crippen molar-refractivity contribution in [2.75, 3.05) is 11.9 Å². The van der Waals surface area contributed by atoms with Crippen molar-refractivity contribution in [2.45, 2.75) is 12.6 Å². The first-order chi connectivity index (χ1) is 12.3. The third-order valence-corrected chi connectivity index (χ3v) is 4.53. The molecule has 0 fully saturated rings. The number of amides is 1. The third kappa shape index (κ3) is 3.11. The summed E-state index contributed by atoms with van der Waals surface area (Å²) in [4.78, 5) is 19.1. The Labute approximate surface area is 147 Å². The average Bonchev–Trinajstić information content (AvgIpc) is 2.69. The molecule has 25 heavy (non-hydrogen) atoms. The molecule has 124 valence electrons. The molecule has 0 aliphatic carbocycles. The van der Waals surface area contributed by atoms with Crippen LogP contribution in [0, 0.1) is 0 Å². The molecule has 3 aromatic rings. The monoisotopic (exact) mass is 329 g/mol. The molecule has 0 radical (unpaired) electrons. The minimum absolute atomic E-state index is 0.0621. The van der Waals surface area contributed by atoms with Gasteiger partial charge < -0.3 is 10.2 Å². The summed E-state index contributed by atoms with van der Waals surface area (Å²) in [5.74, 6) is 0.0621. The molecule has 0 saturated heterocycles. The third-order valence-electron chi connectivity index (χ3n) is 4.53. The van der Waals surface area contributed by atoms with E-state index >= 15 is 0 Å². The second kappa shape index (κ2) is 6.77. The lowest BCUT2D eigenvalue weighted by Gasteiger charge is -2.38.